The zero-order valence-corrected chi connectivity index (χ0v) is 18.4. The molecule has 8 heteroatoms. The molecular formula is C21H22ClFN2O3S. The minimum Gasteiger partial charge on any atom is -0.460 e. The molecule has 0 saturated heterocycles. The van der Waals surface area contributed by atoms with Gasteiger partial charge in [0.1, 0.15) is 22.5 Å². The average Bonchev–Trinajstić information content (AvgIpc) is 2.76. The lowest BCUT2D eigenvalue weighted by Crippen LogP contribution is -2.31. The predicted octanol–water partition coefficient (Wildman–Crippen LogP) is 5.05. The molecule has 1 aliphatic heterocycles. The van der Waals surface area contributed by atoms with Crippen LogP contribution in [0.25, 0.3) is 0 Å². The number of carbonyl (C=O) groups is 2. The van der Waals surface area contributed by atoms with Crippen molar-refractivity contribution in [2.75, 3.05) is 5.32 Å². The highest BCUT2D eigenvalue weighted by molar-refractivity contribution is 7.17. The molecule has 1 amide bonds. The molecule has 1 aliphatic rings. The molecule has 0 radical (unpaired) electrons. The lowest BCUT2D eigenvalue weighted by Gasteiger charge is -2.20. The molecule has 3 rings (SSSR count). The second-order valence-corrected chi connectivity index (χ2v) is 9.55. The molecule has 154 valence electrons. The van der Waals surface area contributed by atoms with E-state index in [9.17, 15) is 14.0 Å². The summed E-state index contributed by atoms with van der Waals surface area (Å²) in [6, 6.07) is 3.28. The van der Waals surface area contributed by atoms with E-state index in [1.807, 2.05) is 13.8 Å². The predicted molar refractivity (Wildman–Crippen MR) is 114 cm³/mol. The van der Waals surface area contributed by atoms with Crippen LogP contribution in [0.4, 0.5) is 9.39 Å². The first kappa shape index (κ1) is 21.5. The summed E-state index contributed by atoms with van der Waals surface area (Å²) in [6.45, 7) is 9.07. The Labute approximate surface area is 177 Å². The normalized spacial score (nSPS) is 16.6. The standard InChI is InChI=1S/C21H22ClFN2O3S/c1-10-11(2)29-20-17(10)18(13-7-6-12(22)8-14(13)23)24-15(19(27)25-20)9-16(26)28-21(3,4)5/h6-8,15H,9H2,1-5H3,(H,25,27)/t15-/m0/s1. The second-order valence-electron chi connectivity index (χ2n) is 7.88. The summed E-state index contributed by atoms with van der Waals surface area (Å²) in [6.07, 6.45) is -0.241. The van der Waals surface area contributed by atoms with Crippen LogP contribution in [0.15, 0.2) is 23.2 Å². The first-order valence-corrected chi connectivity index (χ1v) is 10.3. The van der Waals surface area contributed by atoms with Crippen LogP contribution in [0.5, 0.6) is 0 Å². The lowest BCUT2D eigenvalue weighted by molar-refractivity contribution is -0.155. The second kappa shape index (κ2) is 7.88. The molecule has 1 atom stereocenters. The molecule has 29 heavy (non-hydrogen) atoms. The minimum absolute atomic E-state index is 0.224. The lowest BCUT2D eigenvalue weighted by atomic mass is 9.99. The minimum atomic E-state index is -1.03. The fraction of sp³-hybridized carbons (Fsp3) is 0.381. The van der Waals surface area contributed by atoms with Gasteiger partial charge in [-0.3, -0.25) is 14.6 Å². The van der Waals surface area contributed by atoms with Gasteiger partial charge in [-0.05, 0) is 58.4 Å². The zero-order chi connectivity index (χ0) is 21.5. The number of aliphatic imine (C=N–C) groups is 1. The maximum absolute atomic E-state index is 14.8. The molecule has 0 saturated carbocycles. The van der Waals surface area contributed by atoms with Crippen LogP contribution in [0, 0.1) is 19.7 Å². The van der Waals surface area contributed by atoms with Crippen LogP contribution in [-0.4, -0.2) is 29.2 Å². The number of anilines is 1. The van der Waals surface area contributed by atoms with Crippen molar-refractivity contribution < 1.29 is 18.7 Å². The maximum atomic E-state index is 14.8. The molecule has 0 spiro atoms. The number of aryl methyl sites for hydroxylation is 1. The number of benzene rings is 1. The first-order chi connectivity index (χ1) is 13.5. The summed E-state index contributed by atoms with van der Waals surface area (Å²) in [5, 5.41) is 3.69. The number of halogens is 2. The van der Waals surface area contributed by atoms with E-state index in [0.29, 0.717) is 16.3 Å². The number of carbonyl (C=O) groups excluding carboxylic acids is 2. The number of hydrogen-bond acceptors (Lipinski definition) is 5. The summed E-state index contributed by atoms with van der Waals surface area (Å²) < 4.78 is 20.1. The number of esters is 1. The van der Waals surface area contributed by atoms with Crippen molar-refractivity contribution in [1.29, 1.82) is 0 Å². The van der Waals surface area contributed by atoms with Gasteiger partial charge in [0.15, 0.2) is 0 Å². The average molecular weight is 437 g/mol. The fourth-order valence-corrected chi connectivity index (χ4v) is 4.26. The summed E-state index contributed by atoms with van der Waals surface area (Å²) >= 11 is 7.30. The van der Waals surface area contributed by atoms with Crippen LogP contribution < -0.4 is 5.32 Å². The Morgan fingerprint density at radius 3 is 2.66 bits per heavy atom. The van der Waals surface area contributed by atoms with Crippen molar-refractivity contribution in [3.63, 3.8) is 0 Å². The largest absolute Gasteiger partial charge is 0.460 e. The number of nitrogens with zero attached hydrogens (tertiary/aromatic N) is 1. The number of nitrogens with one attached hydrogen (secondary N) is 1. The third kappa shape index (κ3) is 4.67. The number of fused-ring (bicyclic) bond motifs is 1. The monoisotopic (exact) mass is 436 g/mol. The van der Waals surface area contributed by atoms with Gasteiger partial charge in [-0.25, -0.2) is 4.39 Å². The van der Waals surface area contributed by atoms with Crippen molar-refractivity contribution >= 4 is 45.5 Å². The molecule has 1 N–H and O–H groups in total. The van der Waals surface area contributed by atoms with Crippen molar-refractivity contribution in [3.8, 4) is 0 Å². The van der Waals surface area contributed by atoms with Gasteiger partial charge >= 0.3 is 5.97 Å². The molecule has 1 aromatic heterocycles. The maximum Gasteiger partial charge on any atom is 0.309 e. The SMILES string of the molecule is Cc1sc2c(c1C)C(c1ccc(Cl)cc1F)=N[C@@H](CC(=O)OC(C)(C)C)C(=O)N2. The van der Waals surface area contributed by atoms with Crippen LogP contribution in [-0.2, 0) is 14.3 Å². The molecule has 2 aromatic rings. The van der Waals surface area contributed by atoms with E-state index >= 15 is 0 Å². The van der Waals surface area contributed by atoms with Crippen molar-refractivity contribution in [3.05, 3.63) is 50.6 Å². The van der Waals surface area contributed by atoms with Crippen molar-refractivity contribution in [1.82, 2.24) is 0 Å². The van der Waals surface area contributed by atoms with Gasteiger partial charge in [-0.2, -0.15) is 0 Å². The van der Waals surface area contributed by atoms with E-state index in [-0.39, 0.29) is 17.0 Å². The molecule has 5 nitrogen and oxygen atoms in total. The Balaban J connectivity index is 2.11. The van der Waals surface area contributed by atoms with E-state index in [1.165, 1.54) is 23.5 Å². The number of rotatable bonds is 3. The highest BCUT2D eigenvalue weighted by Gasteiger charge is 2.32. The highest BCUT2D eigenvalue weighted by Crippen LogP contribution is 2.37. The number of hydrogen-bond donors (Lipinski definition) is 1. The Hall–Kier alpha value is -2.25. The van der Waals surface area contributed by atoms with Crippen molar-refractivity contribution in [2.24, 2.45) is 4.99 Å². The van der Waals surface area contributed by atoms with Crippen LogP contribution >= 0.6 is 22.9 Å². The van der Waals surface area contributed by atoms with E-state index in [4.69, 9.17) is 16.3 Å². The Bertz CT molecular complexity index is 1020. The van der Waals surface area contributed by atoms with E-state index in [1.54, 1.807) is 26.8 Å². The molecule has 0 bridgehead atoms. The third-order valence-electron chi connectivity index (χ3n) is 4.41. The number of ether oxygens (including phenoxy) is 1. The van der Waals surface area contributed by atoms with Crippen LogP contribution in [0.1, 0.15) is 48.8 Å². The summed E-state index contributed by atoms with van der Waals surface area (Å²) in [7, 11) is 0. The Morgan fingerprint density at radius 1 is 1.34 bits per heavy atom. The molecular weight excluding hydrogens is 415 g/mol. The summed E-state index contributed by atoms with van der Waals surface area (Å²) in [5.74, 6) is -1.52. The summed E-state index contributed by atoms with van der Waals surface area (Å²) in [4.78, 5) is 30.6. The van der Waals surface area contributed by atoms with Gasteiger partial charge in [-0.1, -0.05) is 11.6 Å². The van der Waals surface area contributed by atoms with E-state index in [2.05, 4.69) is 10.3 Å². The van der Waals surface area contributed by atoms with Gasteiger partial charge < -0.3 is 10.1 Å². The topological polar surface area (TPSA) is 67.8 Å². The van der Waals surface area contributed by atoms with Crippen LogP contribution in [0.2, 0.25) is 5.02 Å². The number of amides is 1. The Morgan fingerprint density at radius 2 is 2.03 bits per heavy atom. The third-order valence-corrected chi connectivity index (χ3v) is 5.77. The molecule has 1 aromatic carbocycles. The smallest absolute Gasteiger partial charge is 0.309 e. The Kier molecular flexibility index (Phi) is 5.83. The first-order valence-electron chi connectivity index (χ1n) is 9.12. The molecule has 0 fully saturated rings. The fourth-order valence-electron chi connectivity index (χ4n) is 3.04. The van der Waals surface area contributed by atoms with Gasteiger partial charge in [-0.15, -0.1) is 11.3 Å². The van der Waals surface area contributed by atoms with Crippen molar-refractivity contribution in [2.45, 2.75) is 52.7 Å². The quantitative estimate of drug-likeness (QED) is 0.685. The highest BCUT2D eigenvalue weighted by atomic mass is 35.5. The molecule has 0 aliphatic carbocycles. The van der Waals surface area contributed by atoms with Gasteiger partial charge in [0.25, 0.3) is 0 Å². The molecule has 0 unspecified atom stereocenters. The van der Waals surface area contributed by atoms with Gasteiger partial charge in [0, 0.05) is 21.0 Å². The summed E-state index contributed by atoms with van der Waals surface area (Å²) in [5.41, 5.74) is 1.43. The number of thiophene rings is 1. The van der Waals surface area contributed by atoms with Gasteiger partial charge in [0.2, 0.25) is 5.91 Å². The zero-order valence-electron chi connectivity index (χ0n) is 16.9. The van der Waals surface area contributed by atoms with Gasteiger partial charge in [0.05, 0.1) is 12.1 Å². The van der Waals surface area contributed by atoms with E-state index < -0.39 is 29.3 Å². The van der Waals surface area contributed by atoms with Crippen LogP contribution in [0.3, 0.4) is 0 Å². The molecule has 2 heterocycles. The van der Waals surface area contributed by atoms with E-state index in [0.717, 1.165) is 10.4 Å².